The van der Waals surface area contributed by atoms with Crippen LogP contribution in [-0.4, -0.2) is 16.9 Å². The Kier molecular flexibility index (Phi) is 3.49. The molecular weight excluding hydrogens is 265 g/mol. The maximum Gasteiger partial charge on any atom is 0.421 e. The zero-order valence-corrected chi connectivity index (χ0v) is 11.9. The van der Waals surface area contributed by atoms with Crippen LogP contribution in [0.2, 0.25) is 0 Å². The Balaban J connectivity index is 2.59. The molecule has 2 rings (SSSR count). The Morgan fingerprint density at radius 3 is 2.15 bits per heavy atom. The molecule has 1 aromatic carbocycles. The summed E-state index contributed by atoms with van der Waals surface area (Å²) in [5.74, 6) is 0. The lowest BCUT2D eigenvalue weighted by molar-refractivity contribution is -0.303. The molecule has 0 radical (unpaired) electrons. The molecule has 1 aliphatic carbocycles. The lowest BCUT2D eigenvalue weighted by atomic mass is 9.53. The van der Waals surface area contributed by atoms with E-state index in [-0.39, 0.29) is 12.0 Å². The summed E-state index contributed by atoms with van der Waals surface area (Å²) in [6, 6.07) is 8.98. The molecule has 0 amide bonds. The molecule has 0 spiro atoms. The van der Waals surface area contributed by atoms with Crippen molar-refractivity contribution in [1.82, 2.24) is 0 Å². The highest BCUT2D eigenvalue weighted by atomic mass is 19.4. The third-order valence-electron chi connectivity index (χ3n) is 4.29. The van der Waals surface area contributed by atoms with Crippen LogP contribution in [0.15, 0.2) is 35.9 Å². The third kappa shape index (κ3) is 1.97. The van der Waals surface area contributed by atoms with Crippen molar-refractivity contribution in [1.29, 1.82) is 0 Å². The van der Waals surface area contributed by atoms with E-state index in [0.29, 0.717) is 12.0 Å². The minimum atomic E-state index is -4.65. The van der Waals surface area contributed by atoms with Crippen LogP contribution in [0.25, 0.3) is 5.57 Å². The smallest absolute Gasteiger partial charge is 0.376 e. The van der Waals surface area contributed by atoms with Gasteiger partial charge in [-0.05, 0) is 29.6 Å². The van der Waals surface area contributed by atoms with Crippen LogP contribution in [-0.2, 0) is 0 Å². The van der Waals surface area contributed by atoms with Gasteiger partial charge in [-0.2, -0.15) is 13.2 Å². The van der Waals surface area contributed by atoms with Gasteiger partial charge in [-0.3, -0.25) is 0 Å². The summed E-state index contributed by atoms with van der Waals surface area (Å²) in [5.41, 5.74) is -2.44. The molecular formula is C16H19F3O. The number of alkyl halides is 3. The van der Waals surface area contributed by atoms with Crippen LogP contribution in [0.1, 0.15) is 39.2 Å². The summed E-state index contributed by atoms with van der Waals surface area (Å²) in [5, 5.41) is 10.3. The van der Waals surface area contributed by atoms with Gasteiger partial charge < -0.3 is 5.11 Å². The molecule has 1 atom stereocenters. The van der Waals surface area contributed by atoms with E-state index in [4.69, 9.17) is 0 Å². The minimum Gasteiger partial charge on any atom is -0.376 e. The first-order chi connectivity index (χ1) is 9.15. The third-order valence-corrected chi connectivity index (χ3v) is 4.29. The van der Waals surface area contributed by atoms with E-state index in [0.717, 1.165) is 5.56 Å². The van der Waals surface area contributed by atoms with E-state index < -0.39 is 17.2 Å². The molecule has 20 heavy (non-hydrogen) atoms. The van der Waals surface area contributed by atoms with E-state index in [1.165, 1.54) is 13.8 Å². The summed E-state index contributed by atoms with van der Waals surface area (Å²) >= 11 is 0. The average Bonchev–Trinajstić information content (AvgIpc) is 2.37. The predicted molar refractivity (Wildman–Crippen MR) is 73.1 cm³/mol. The Morgan fingerprint density at radius 1 is 1.20 bits per heavy atom. The molecule has 1 fully saturated rings. The largest absolute Gasteiger partial charge is 0.421 e. The van der Waals surface area contributed by atoms with E-state index >= 15 is 0 Å². The van der Waals surface area contributed by atoms with Gasteiger partial charge in [-0.25, -0.2) is 0 Å². The number of hydrogen-bond acceptors (Lipinski definition) is 1. The van der Waals surface area contributed by atoms with Gasteiger partial charge in [0.05, 0.1) is 0 Å². The van der Waals surface area contributed by atoms with Crippen LogP contribution in [0.4, 0.5) is 13.2 Å². The highest BCUT2D eigenvalue weighted by molar-refractivity contribution is 5.72. The first-order valence-electron chi connectivity index (χ1n) is 6.72. The Bertz CT molecular complexity index is 516. The Hall–Kier alpha value is -1.29. The van der Waals surface area contributed by atoms with Crippen LogP contribution < -0.4 is 0 Å². The quantitative estimate of drug-likeness (QED) is 0.843. The van der Waals surface area contributed by atoms with E-state index in [1.807, 2.05) is 13.0 Å². The maximum absolute atomic E-state index is 13.4. The van der Waals surface area contributed by atoms with Gasteiger partial charge in [-0.15, -0.1) is 0 Å². The molecule has 1 nitrogen and oxygen atoms in total. The molecule has 0 aromatic heterocycles. The lowest BCUT2D eigenvalue weighted by Gasteiger charge is -2.55. The topological polar surface area (TPSA) is 20.2 Å². The van der Waals surface area contributed by atoms with Crippen molar-refractivity contribution in [2.45, 2.75) is 45.4 Å². The Morgan fingerprint density at radius 2 is 1.75 bits per heavy atom. The second kappa shape index (κ2) is 4.62. The highest BCUT2D eigenvalue weighted by Crippen LogP contribution is 2.62. The highest BCUT2D eigenvalue weighted by Gasteiger charge is 2.71. The summed E-state index contributed by atoms with van der Waals surface area (Å²) in [6.07, 6.45) is -3.92. The number of halogens is 3. The molecule has 4 heteroatoms. The summed E-state index contributed by atoms with van der Waals surface area (Å²) < 4.78 is 40.1. The van der Waals surface area contributed by atoms with Crippen molar-refractivity contribution < 1.29 is 18.3 Å². The van der Waals surface area contributed by atoms with Crippen LogP contribution in [0.3, 0.4) is 0 Å². The Labute approximate surface area is 117 Å². The number of hydrogen-bond donors (Lipinski definition) is 1. The summed E-state index contributed by atoms with van der Waals surface area (Å²) in [7, 11) is 0. The second-order valence-corrected chi connectivity index (χ2v) is 5.95. The molecule has 0 bridgehead atoms. The van der Waals surface area contributed by atoms with Crippen LogP contribution in [0, 0.1) is 5.41 Å². The van der Waals surface area contributed by atoms with Crippen molar-refractivity contribution in [2.24, 2.45) is 5.41 Å². The second-order valence-electron chi connectivity index (χ2n) is 5.95. The van der Waals surface area contributed by atoms with E-state index in [9.17, 15) is 18.3 Å². The molecule has 1 aliphatic rings. The first kappa shape index (κ1) is 15.1. The van der Waals surface area contributed by atoms with Crippen molar-refractivity contribution in [3.05, 3.63) is 41.5 Å². The molecule has 1 aromatic rings. The number of rotatable bonds is 2. The van der Waals surface area contributed by atoms with Crippen LogP contribution in [0.5, 0.6) is 0 Å². The standard InChI is InChI=1S/C16H19F3O/c1-4-12(11-8-6-5-7-9-11)13-10-14(2,3)15(13,20)16(17,18)19/h5-9,20H,4,10H2,1-3H3/b13-12-. The van der Waals surface area contributed by atoms with Gasteiger partial charge in [0.2, 0.25) is 0 Å². The molecule has 110 valence electrons. The van der Waals surface area contributed by atoms with Gasteiger partial charge in [0.15, 0.2) is 5.60 Å². The molecule has 0 heterocycles. The number of aliphatic hydroxyl groups is 1. The molecule has 0 saturated heterocycles. The minimum absolute atomic E-state index is 0.115. The fraction of sp³-hybridized carbons (Fsp3) is 0.500. The molecule has 0 aliphatic heterocycles. The normalized spacial score (nSPS) is 27.9. The zero-order chi connectivity index (χ0) is 15.2. The van der Waals surface area contributed by atoms with Crippen molar-refractivity contribution in [2.75, 3.05) is 0 Å². The van der Waals surface area contributed by atoms with Crippen molar-refractivity contribution >= 4 is 5.57 Å². The maximum atomic E-state index is 13.4. The van der Waals surface area contributed by atoms with E-state index in [1.54, 1.807) is 24.3 Å². The predicted octanol–water partition coefficient (Wildman–Crippen LogP) is 4.57. The fourth-order valence-corrected chi connectivity index (χ4v) is 3.11. The van der Waals surface area contributed by atoms with Gasteiger partial charge >= 0.3 is 6.18 Å². The van der Waals surface area contributed by atoms with Gasteiger partial charge in [0, 0.05) is 5.41 Å². The van der Waals surface area contributed by atoms with Crippen molar-refractivity contribution in [3.63, 3.8) is 0 Å². The van der Waals surface area contributed by atoms with E-state index in [2.05, 4.69) is 0 Å². The van der Waals surface area contributed by atoms with Gasteiger partial charge in [0.1, 0.15) is 0 Å². The zero-order valence-electron chi connectivity index (χ0n) is 11.9. The number of allylic oxidation sites excluding steroid dienone is 1. The van der Waals surface area contributed by atoms with Crippen molar-refractivity contribution in [3.8, 4) is 0 Å². The average molecular weight is 284 g/mol. The SMILES string of the molecule is CC/C(=C1\CC(C)(C)C1(O)C(F)(F)F)c1ccccc1. The lowest BCUT2D eigenvalue weighted by Crippen LogP contribution is -2.65. The molecule has 1 saturated carbocycles. The van der Waals surface area contributed by atoms with Gasteiger partial charge in [-0.1, -0.05) is 51.1 Å². The fourth-order valence-electron chi connectivity index (χ4n) is 3.11. The molecule has 1 N–H and O–H groups in total. The van der Waals surface area contributed by atoms with Gasteiger partial charge in [0.25, 0.3) is 0 Å². The first-order valence-corrected chi connectivity index (χ1v) is 6.72. The monoisotopic (exact) mass is 284 g/mol. The van der Waals surface area contributed by atoms with Crippen LogP contribution >= 0.6 is 0 Å². The summed E-state index contributed by atoms with van der Waals surface area (Å²) in [6.45, 7) is 4.74. The molecule has 1 unspecified atom stereocenters. The summed E-state index contributed by atoms with van der Waals surface area (Å²) in [4.78, 5) is 0. The number of benzene rings is 1.